The molecule has 5 nitrogen and oxygen atoms in total. The quantitative estimate of drug-likeness (QED) is 0.376. The maximum absolute atomic E-state index is 12.2. The summed E-state index contributed by atoms with van der Waals surface area (Å²) in [5.41, 5.74) is 0.923. The van der Waals surface area contributed by atoms with Crippen LogP contribution < -0.4 is 10.6 Å². The highest BCUT2D eigenvalue weighted by atomic mass is 127. The number of carbonyl (C=O) groups is 1. The number of halogens is 3. The molecule has 1 atom stereocenters. The van der Waals surface area contributed by atoms with Gasteiger partial charge in [-0.3, -0.25) is 9.79 Å². The highest BCUT2D eigenvalue weighted by molar-refractivity contribution is 14.0. The molecule has 1 aliphatic heterocycles. The molecule has 0 radical (unpaired) electrons. The second kappa shape index (κ2) is 11.1. The fourth-order valence-corrected chi connectivity index (χ4v) is 3.32. The van der Waals surface area contributed by atoms with Crippen molar-refractivity contribution in [3.05, 3.63) is 33.8 Å². The van der Waals surface area contributed by atoms with Crippen LogP contribution >= 0.6 is 47.2 Å². The summed E-state index contributed by atoms with van der Waals surface area (Å²) in [5.74, 6) is 0.675. The fraction of sp³-hybridized carbons (Fsp3) is 0.529. The van der Waals surface area contributed by atoms with E-state index in [2.05, 4.69) is 15.6 Å². The first-order valence-corrected chi connectivity index (χ1v) is 8.96. The molecule has 0 aliphatic carbocycles. The molecule has 2 N–H and O–H groups in total. The average Bonchev–Trinajstić information content (AvgIpc) is 2.58. The number of carbonyl (C=O) groups excluding carboxylic acids is 1. The lowest BCUT2D eigenvalue weighted by Gasteiger charge is -2.27. The van der Waals surface area contributed by atoms with E-state index in [4.69, 9.17) is 23.2 Å². The molecular formula is C17H25Cl2IN4O. The average molecular weight is 499 g/mol. The highest BCUT2D eigenvalue weighted by Crippen LogP contribution is 2.25. The van der Waals surface area contributed by atoms with Gasteiger partial charge in [-0.1, -0.05) is 29.3 Å². The van der Waals surface area contributed by atoms with Gasteiger partial charge in [-0.05, 0) is 43.9 Å². The van der Waals surface area contributed by atoms with Gasteiger partial charge < -0.3 is 15.5 Å². The van der Waals surface area contributed by atoms with E-state index in [1.165, 1.54) is 6.42 Å². The third kappa shape index (κ3) is 6.83. The summed E-state index contributed by atoms with van der Waals surface area (Å²) in [6, 6.07) is 5.34. The van der Waals surface area contributed by atoms with Crippen LogP contribution in [-0.4, -0.2) is 43.4 Å². The van der Waals surface area contributed by atoms with Gasteiger partial charge in [0.25, 0.3) is 0 Å². The van der Waals surface area contributed by atoms with Gasteiger partial charge >= 0.3 is 0 Å². The molecule has 0 aromatic heterocycles. The Kier molecular flexibility index (Phi) is 9.89. The van der Waals surface area contributed by atoms with Crippen molar-refractivity contribution in [2.45, 2.75) is 32.2 Å². The Hall–Kier alpha value is -0.730. The highest BCUT2D eigenvalue weighted by Gasteiger charge is 2.17. The molecule has 1 unspecified atom stereocenters. The van der Waals surface area contributed by atoms with Gasteiger partial charge in [0.1, 0.15) is 0 Å². The fourth-order valence-electron chi connectivity index (χ4n) is 2.74. The number of likely N-dealkylation sites (tertiary alicyclic amines) is 1. The normalized spacial score (nSPS) is 16.0. The van der Waals surface area contributed by atoms with Crippen molar-refractivity contribution in [3.8, 4) is 0 Å². The summed E-state index contributed by atoms with van der Waals surface area (Å²) >= 11 is 12.2. The van der Waals surface area contributed by atoms with Gasteiger partial charge in [0.15, 0.2) is 5.96 Å². The SMILES string of the molecule is CN=C(NCC(=O)N1CCCCC1)NC(C)c1ccc(Cl)cc1Cl.I. The third-order valence-electron chi connectivity index (χ3n) is 4.12. The standard InChI is InChI=1S/C17H24Cl2N4O.HI/c1-12(14-7-6-13(18)10-15(14)19)22-17(20-2)21-11-16(24)23-8-4-3-5-9-23;/h6-7,10,12H,3-5,8-9,11H2,1-2H3,(H2,20,21,22);1H. The number of aliphatic imine (C=N–C) groups is 1. The van der Waals surface area contributed by atoms with Crippen LogP contribution in [0.4, 0.5) is 0 Å². The van der Waals surface area contributed by atoms with Gasteiger partial charge in [-0.15, -0.1) is 24.0 Å². The molecule has 1 aliphatic rings. The molecule has 8 heteroatoms. The van der Waals surface area contributed by atoms with Gasteiger partial charge in [0, 0.05) is 30.2 Å². The van der Waals surface area contributed by atoms with Crippen LogP contribution in [0.1, 0.15) is 37.8 Å². The summed E-state index contributed by atoms with van der Waals surface area (Å²) in [4.78, 5) is 18.3. The van der Waals surface area contributed by atoms with E-state index >= 15 is 0 Å². The Morgan fingerprint density at radius 1 is 1.28 bits per heavy atom. The largest absolute Gasteiger partial charge is 0.350 e. The van der Waals surface area contributed by atoms with Crippen LogP contribution in [0.3, 0.4) is 0 Å². The zero-order valence-electron chi connectivity index (χ0n) is 14.5. The van der Waals surface area contributed by atoms with Crippen LogP contribution in [0.15, 0.2) is 23.2 Å². The monoisotopic (exact) mass is 498 g/mol. The molecule has 140 valence electrons. The van der Waals surface area contributed by atoms with E-state index in [0.717, 1.165) is 31.5 Å². The molecule has 1 fully saturated rings. The second-order valence-corrected chi connectivity index (χ2v) is 6.74. The van der Waals surface area contributed by atoms with Crippen molar-refractivity contribution in [3.63, 3.8) is 0 Å². The van der Waals surface area contributed by atoms with Crippen LogP contribution in [0, 0.1) is 0 Å². The molecule has 0 spiro atoms. The van der Waals surface area contributed by atoms with Crippen molar-refractivity contribution in [2.75, 3.05) is 26.7 Å². The first kappa shape index (κ1) is 22.3. The van der Waals surface area contributed by atoms with Gasteiger partial charge in [0.05, 0.1) is 12.6 Å². The van der Waals surface area contributed by atoms with Crippen LogP contribution in [0.2, 0.25) is 10.0 Å². The van der Waals surface area contributed by atoms with E-state index < -0.39 is 0 Å². The van der Waals surface area contributed by atoms with Crippen LogP contribution in [0.5, 0.6) is 0 Å². The smallest absolute Gasteiger partial charge is 0.241 e. The van der Waals surface area contributed by atoms with Crippen LogP contribution in [0.25, 0.3) is 0 Å². The second-order valence-electron chi connectivity index (χ2n) is 5.90. The number of hydrogen-bond donors (Lipinski definition) is 2. The lowest BCUT2D eigenvalue weighted by Crippen LogP contribution is -2.46. The zero-order chi connectivity index (χ0) is 17.5. The summed E-state index contributed by atoms with van der Waals surface area (Å²) in [7, 11) is 1.68. The zero-order valence-corrected chi connectivity index (χ0v) is 18.4. The summed E-state index contributed by atoms with van der Waals surface area (Å²) in [6.45, 7) is 3.92. The van der Waals surface area contributed by atoms with Crippen molar-refractivity contribution in [1.29, 1.82) is 0 Å². The molecular weight excluding hydrogens is 474 g/mol. The van der Waals surface area contributed by atoms with Crippen molar-refractivity contribution < 1.29 is 4.79 Å². The lowest BCUT2D eigenvalue weighted by molar-refractivity contribution is -0.130. The van der Waals surface area contributed by atoms with Gasteiger partial charge in [-0.25, -0.2) is 0 Å². The minimum atomic E-state index is -0.0638. The maximum Gasteiger partial charge on any atom is 0.241 e. The number of piperidine rings is 1. The minimum absolute atomic E-state index is 0. The molecule has 1 amide bonds. The minimum Gasteiger partial charge on any atom is -0.350 e. The number of amides is 1. The molecule has 1 heterocycles. The lowest BCUT2D eigenvalue weighted by atomic mass is 10.1. The molecule has 1 saturated heterocycles. The molecule has 0 bridgehead atoms. The predicted molar refractivity (Wildman–Crippen MR) is 115 cm³/mol. The van der Waals surface area contributed by atoms with E-state index in [1.807, 2.05) is 17.9 Å². The number of nitrogens with zero attached hydrogens (tertiary/aromatic N) is 2. The Bertz CT molecular complexity index is 606. The van der Waals surface area contributed by atoms with E-state index in [-0.39, 0.29) is 42.5 Å². The van der Waals surface area contributed by atoms with E-state index in [0.29, 0.717) is 16.0 Å². The Balaban J connectivity index is 0.00000312. The number of rotatable bonds is 4. The molecule has 1 aromatic carbocycles. The number of hydrogen-bond acceptors (Lipinski definition) is 2. The number of guanidine groups is 1. The Morgan fingerprint density at radius 3 is 2.56 bits per heavy atom. The van der Waals surface area contributed by atoms with Gasteiger partial charge in [0.2, 0.25) is 5.91 Å². The molecule has 0 saturated carbocycles. The van der Waals surface area contributed by atoms with Gasteiger partial charge in [-0.2, -0.15) is 0 Å². The Morgan fingerprint density at radius 2 is 1.96 bits per heavy atom. The van der Waals surface area contributed by atoms with Crippen molar-refractivity contribution in [1.82, 2.24) is 15.5 Å². The first-order valence-electron chi connectivity index (χ1n) is 8.21. The topological polar surface area (TPSA) is 56.7 Å². The molecule has 2 rings (SSSR count). The predicted octanol–water partition coefficient (Wildman–Crippen LogP) is 3.85. The molecule has 25 heavy (non-hydrogen) atoms. The first-order chi connectivity index (χ1) is 11.5. The summed E-state index contributed by atoms with van der Waals surface area (Å²) < 4.78 is 0. The molecule has 1 aromatic rings. The van der Waals surface area contributed by atoms with Crippen molar-refractivity contribution >= 4 is 59.0 Å². The Labute approximate surface area is 176 Å². The van der Waals surface area contributed by atoms with E-state index in [9.17, 15) is 4.79 Å². The van der Waals surface area contributed by atoms with E-state index in [1.54, 1.807) is 19.2 Å². The summed E-state index contributed by atoms with van der Waals surface area (Å²) in [6.07, 6.45) is 3.38. The van der Waals surface area contributed by atoms with Crippen LogP contribution in [-0.2, 0) is 4.79 Å². The third-order valence-corrected chi connectivity index (χ3v) is 4.68. The number of benzene rings is 1. The maximum atomic E-state index is 12.2. The summed E-state index contributed by atoms with van der Waals surface area (Å²) in [5, 5.41) is 7.52. The number of nitrogens with one attached hydrogen (secondary N) is 2. The van der Waals surface area contributed by atoms with Crippen molar-refractivity contribution in [2.24, 2.45) is 4.99 Å².